The number of carbonyl (C=O) groups excluding carboxylic acids is 2. The minimum Gasteiger partial charge on any atom is -0.383 e. The summed E-state index contributed by atoms with van der Waals surface area (Å²) in [5.41, 5.74) is 1.07. The molecule has 3 rings (SSSR count). The highest BCUT2D eigenvalue weighted by atomic mass is 19.1. The average molecular weight is 444 g/mol. The number of carbonyl (C=O) groups is 2. The van der Waals surface area contributed by atoms with Crippen LogP contribution in [0.25, 0.3) is 0 Å². The summed E-state index contributed by atoms with van der Waals surface area (Å²) in [6, 6.07) is 11.5. The smallest absolute Gasteiger partial charge is 0.242 e. The van der Waals surface area contributed by atoms with Crippen molar-refractivity contribution in [3.8, 4) is 0 Å². The van der Waals surface area contributed by atoms with Crippen LogP contribution in [0.5, 0.6) is 0 Å². The fraction of sp³-hybridized carbons (Fsp3) is 0.440. The summed E-state index contributed by atoms with van der Waals surface area (Å²) < 4.78 is 26.9. The predicted molar refractivity (Wildman–Crippen MR) is 121 cm³/mol. The van der Waals surface area contributed by atoms with Gasteiger partial charge in [0.2, 0.25) is 11.8 Å². The number of anilines is 1. The maximum Gasteiger partial charge on any atom is 0.242 e. The highest BCUT2D eigenvalue weighted by Crippen LogP contribution is 2.27. The van der Waals surface area contributed by atoms with Crippen molar-refractivity contribution in [2.75, 3.05) is 18.4 Å². The van der Waals surface area contributed by atoms with E-state index in [4.69, 9.17) is 0 Å². The van der Waals surface area contributed by atoms with Gasteiger partial charge in [-0.25, -0.2) is 8.78 Å². The van der Waals surface area contributed by atoms with Gasteiger partial charge in [-0.05, 0) is 48.2 Å². The molecular formula is C25H31F2N3O2. The normalized spacial score (nSPS) is 15.1. The van der Waals surface area contributed by atoms with Crippen LogP contribution in [-0.4, -0.2) is 30.9 Å². The van der Waals surface area contributed by atoms with E-state index < -0.39 is 11.9 Å². The SMILES string of the molecule is O=C(Cc1ccccc1F)N[C@@H](CC1CCCCC1)C(=O)NCCNc1ccc(F)cc1. The molecule has 0 aliphatic heterocycles. The van der Waals surface area contributed by atoms with Crippen LogP contribution in [0.3, 0.4) is 0 Å². The predicted octanol–water partition coefficient (Wildman–Crippen LogP) is 4.19. The minimum atomic E-state index is -0.650. The van der Waals surface area contributed by atoms with E-state index in [0.29, 0.717) is 31.0 Å². The van der Waals surface area contributed by atoms with Crippen molar-refractivity contribution < 1.29 is 18.4 Å². The van der Waals surface area contributed by atoms with Gasteiger partial charge in [-0.1, -0.05) is 50.3 Å². The van der Waals surface area contributed by atoms with Crippen LogP contribution >= 0.6 is 0 Å². The van der Waals surface area contributed by atoms with Gasteiger partial charge in [0.15, 0.2) is 0 Å². The average Bonchev–Trinajstić information content (AvgIpc) is 2.79. The lowest BCUT2D eigenvalue weighted by atomic mass is 9.84. The van der Waals surface area contributed by atoms with Crippen molar-refractivity contribution in [3.05, 3.63) is 65.7 Å². The zero-order valence-corrected chi connectivity index (χ0v) is 18.2. The lowest BCUT2D eigenvalue weighted by Gasteiger charge is -2.26. The van der Waals surface area contributed by atoms with Crippen LogP contribution in [0, 0.1) is 17.6 Å². The van der Waals surface area contributed by atoms with Crippen LogP contribution in [0.2, 0.25) is 0 Å². The molecule has 172 valence electrons. The molecule has 1 fully saturated rings. The third kappa shape index (κ3) is 7.62. The van der Waals surface area contributed by atoms with E-state index in [1.807, 2.05) is 0 Å². The van der Waals surface area contributed by atoms with E-state index >= 15 is 0 Å². The van der Waals surface area contributed by atoms with E-state index in [9.17, 15) is 18.4 Å². The van der Waals surface area contributed by atoms with Gasteiger partial charge in [0.05, 0.1) is 6.42 Å². The summed E-state index contributed by atoms with van der Waals surface area (Å²) in [5.74, 6) is -0.942. The van der Waals surface area contributed by atoms with Crippen molar-refractivity contribution in [1.29, 1.82) is 0 Å². The van der Waals surface area contributed by atoms with Crippen LogP contribution < -0.4 is 16.0 Å². The Balaban J connectivity index is 1.53. The van der Waals surface area contributed by atoms with E-state index in [-0.39, 0.29) is 24.1 Å². The molecule has 2 amide bonds. The summed E-state index contributed by atoms with van der Waals surface area (Å²) in [7, 11) is 0. The molecule has 7 heteroatoms. The number of amides is 2. The molecule has 0 saturated heterocycles. The second kappa shape index (κ2) is 12.2. The Hall–Kier alpha value is -2.96. The molecule has 0 unspecified atom stereocenters. The van der Waals surface area contributed by atoms with Crippen molar-refractivity contribution in [3.63, 3.8) is 0 Å². The second-order valence-electron chi connectivity index (χ2n) is 8.35. The molecule has 3 N–H and O–H groups in total. The topological polar surface area (TPSA) is 70.2 Å². The Morgan fingerprint density at radius 1 is 0.938 bits per heavy atom. The third-order valence-corrected chi connectivity index (χ3v) is 5.85. The van der Waals surface area contributed by atoms with Gasteiger partial charge in [-0.2, -0.15) is 0 Å². The van der Waals surface area contributed by atoms with E-state index in [1.165, 1.54) is 24.6 Å². The van der Waals surface area contributed by atoms with Crippen LogP contribution in [0.4, 0.5) is 14.5 Å². The first-order valence-electron chi connectivity index (χ1n) is 11.3. The monoisotopic (exact) mass is 443 g/mol. The van der Waals surface area contributed by atoms with Gasteiger partial charge in [0, 0.05) is 18.8 Å². The Kier molecular flexibility index (Phi) is 9.01. The first kappa shape index (κ1) is 23.7. The standard InChI is InChI=1S/C25H31F2N3O2/c26-20-10-12-21(13-11-20)28-14-15-29-25(32)23(16-18-6-2-1-3-7-18)30-24(31)17-19-8-4-5-9-22(19)27/h4-5,8-13,18,23,28H,1-3,6-7,14-17H2,(H,29,32)(H,30,31)/t23-/m0/s1. The van der Waals surface area contributed by atoms with Gasteiger partial charge in [0.25, 0.3) is 0 Å². The number of rotatable bonds is 10. The summed E-state index contributed by atoms with van der Waals surface area (Å²) in [5, 5.41) is 8.81. The van der Waals surface area contributed by atoms with Gasteiger partial charge in [-0.15, -0.1) is 0 Å². The molecule has 32 heavy (non-hydrogen) atoms. The largest absolute Gasteiger partial charge is 0.383 e. The number of hydrogen-bond acceptors (Lipinski definition) is 3. The lowest BCUT2D eigenvalue weighted by Crippen LogP contribution is -2.49. The third-order valence-electron chi connectivity index (χ3n) is 5.85. The fourth-order valence-corrected chi connectivity index (χ4v) is 4.13. The first-order chi connectivity index (χ1) is 15.5. The van der Waals surface area contributed by atoms with Gasteiger partial charge < -0.3 is 16.0 Å². The molecule has 2 aromatic carbocycles. The van der Waals surface area contributed by atoms with Crippen molar-refractivity contribution in [1.82, 2.24) is 10.6 Å². The highest BCUT2D eigenvalue weighted by molar-refractivity contribution is 5.88. The van der Waals surface area contributed by atoms with Crippen LogP contribution in [-0.2, 0) is 16.0 Å². The number of nitrogens with one attached hydrogen (secondary N) is 3. The molecule has 0 spiro atoms. The van der Waals surface area contributed by atoms with Gasteiger partial charge in [-0.3, -0.25) is 9.59 Å². The Morgan fingerprint density at radius 2 is 1.66 bits per heavy atom. The van der Waals surface area contributed by atoms with Crippen LogP contribution in [0.1, 0.15) is 44.1 Å². The Bertz CT molecular complexity index is 883. The molecule has 2 aromatic rings. The Labute approximate surface area is 188 Å². The molecule has 5 nitrogen and oxygen atoms in total. The van der Waals surface area contributed by atoms with E-state index in [1.54, 1.807) is 30.3 Å². The molecule has 0 aromatic heterocycles. The quantitative estimate of drug-likeness (QED) is 0.482. The van der Waals surface area contributed by atoms with E-state index in [0.717, 1.165) is 31.4 Å². The second-order valence-corrected chi connectivity index (χ2v) is 8.35. The van der Waals surface area contributed by atoms with Gasteiger partial charge in [0.1, 0.15) is 17.7 Å². The molecular weight excluding hydrogens is 412 g/mol. The molecule has 0 radical (unpaired) electrons. The van der Waals surface area contributed by atoms with E-state index in [2.05, 4.69) is 16.0 Å². The summed E-state index contributed by atoms with van der Waals surface area (Å²) in [4.78, 5) is 25.4. The number of halogens is 2. The molecule has 0 heterocycles. The van der Waals surface area contributed by atoms with Crippen LogP contribution in [0.15, 0.2) is 48.5 Å². The number of hydrogen-bond donors (Lipinski definition) is 3. The summed E-state index contributed by atoms with van der Waals surface area (Å²) in [6.07, 6.45) is 6.08. The Morgan fingerprint density at radius 3 is 2.38 bits per heavy atom. The fourth-order valence-electron chi connectivity index (χ4n) is 4.13. The summed E-state index contributed by atoms with van der Waals surface area (Å²) >= 11 is 0. The maximum absolute atomic E-state index is 13.9. The highest BCUT2D eigenvalue weighted by Gasteiger charge is 2.26. The molecule has 1 aliphatic carbocycles. The first-order valence-corrected chi connectivity index (χ1v) is 11.3. The zero-order chi connectivity index (χ0) is 22.8. The minimum absolute atomic E-state index is 0.104. The molecule has 1 atom stereocenters. The van der Waals surface area contributed by atoms with Gasteiger partial charge >= 0.3 is 0 Å². The number of benzene rings is 2. The van der Waals surface area contributed by atoms with Crippen molar-refractivity contribution in [2.24, 2.45) is 5.92 Å². The molecule has 1 saturated carbocycles. The zero-order valence-electron chi connectivity index (χ0n) is 18.2. The summed E-state index contributed by atoms with van der Waals surface area (Å²) in [6.45, 7) is 0.831. The van der Waals surface area contributed by atoms with Crippen molar-refractivity contribution >= 4 is 17.5 Å². The van der Waals surface area contributed by atoms with Crippen molar-refractivity contribution in [2.45, 2.75) is 51.0 Å². The lowest BCUT2D eigenvalue weighted by molar-refractivity contribution is -0.129. The maximum atomic E-state index is 13.9. The molecule has 1 aliphatic rings. The molecule has 0 bridgehead atoms.